The van der Waals surface area contributed by atoms with Gasteiger partial charge in [-0.05, 0) is 18.9 Å². The molecule has 0 N–H and O–H groups in total. The van der Waals surface area contributed by atoms with Crippen LogP contribution in [-0.2, 0) is 0 Å². The van der Waals surface area contributed by atoms with Crippen LogP contribution in [-0.4, -0.2) is 43.4 Å². The molecule has 1 aliphatic rings. The normalized spacial score (nSPS) is 16.2. The number of halogens is 1. The van der Waals surface area contributed by atoms with Crippen LogP contribution in [0.5, 0.6) is 11.5 Å². The predicted octanol–water partition coefficient (Wildman–Crippen LogP) is 2.59. The lowest BCUT2D eigenvalue weighted by molar-refractivity contribution is 0.277. The lowest BCUT2D eigenvalue weighted by Crippen LogP contribution is -2.35. The average molecular weight is 291 g/mol. The number of fused-ring (bicyclic) bond motifs is 1. The first-order valence-corrected chi connectivity index (χ1v) is 6.98. The number of methoxy groups -OCH3 is 2. The van der Waals surface area contributed by atoms with Crippen LogP contribution in [0.15, 0.2) is 18.5 Å². The molecule has 1 saturated heterocycles. The van der Waals surface area contributed by atoms with Crippen molar-refractivity contribution in [1.82, 2.24) is 9.97 Å². The van der Waals surface area contributed by atoms with Gasteiger partial charge in [0.1, 0.15) is 18.3 Å². The highest BCUT2D eigenvalue weighted by Gasteiger charge is 2.21. The summed E-state index contributed by atoms with van der Waals surface area (Å²) in [5.74, 6) is 2.10. The maximum atomic E-state index is 13.3. The van der Waals surface area contributed by atoms with Crippen molar-refractivity contribution in [3.8, 4) is 11.5 Å². The molecule has 112 valence electrons. The number of benzene rings is 1. The number of ether oxygens (including phenoxy) is 2. The SMILES string of the molecule is COc1cc2ncnc(N3CCC(F)CC3)c2cc1OC. The molecule has 0 atom stereocenters. The monoisotopic (exact) mass is 291 g/mol. The van der Waals surface area contributed by atoms with Crippen LogP contribution in [0.25, 0.3) is 10.9 Å². The summed E-state index contributed by atoms with van der Waals surface area (Å²) in [6.45, 7) is 1.34. The second kappa shape index (κ2) is 5.71. The van der Waals surface area contributed by atoms with Crippen molar-refractivity contribution in [2.24, 2.45) is 0 Å². The minimum atomic E-state index is -0.705. The quantitative estimate of drug-likeness (QED) is 0.870. The number of hydrogen-bond donors (Lipinski definition) is 0. The molecule has 2 aromatic rings. The van der Waals surface area contributed by atoms with E-state index < -0.39 is 6.17 Å². The third-order valence-corrected chi connectivity index (χ3v) is 3.84. The van der Waals surface area contributed by atoms with Crippen LogP contribution >= 0.6 is 0 Å². The van der Waals surface area contributed by atoms with E-state index in [4.69, 9.17) is 9.47 Å². The van der Waals surface area contributed by atoms with E-state index in [0.717, 1.165) is 16.7 Å². The zero-order chi connectivity index (χ0) is 14.8. The summed E-state index contributed by atoms with van der Waals surface area (Å²) in [7, 11) is 3.19. The Morgan fingerprint density at radius 3 is 2.43 bits per heavy atom. The van der Waals surface area contributed by atoms with Gasteiger partial charge in [-0.1, -0.05) is 0 Å². The van der Waals surface area contributed by atoms with E-state index in [1.165, 1.54) is 6.33 Å². The Labute approximate surface area is 122 Å². The van der Waals surface area contributed by atoms with Crippen LogP contribution in [0.1, 0.15) is 12.8 Å². The van der Waals surface area contributed by atoms with Crippen LogP contribution in [0.3, 0.4) is 0 Å². The molecular weight excluding hydrogens is 273 g/mol. The van der Waals surface area contributed by atoms with Gasteiger partial charge in [0, 0.05) is 24.5 Å². The number of piperidine rings is 1. The Kier molecular flexibility index (Phi) is 3.77. The number of nitrogens with zero attached hydrogens (tertiary/aromatic N) is 3. The fourth-order valence-electron chi connectivity index (χ4n) is 2.68. The van der Waals surface area contributed by atoms with Crippen LogP contribution in [0.4, 0.5) is 10.2 Å². The van der Waals surface area contributed by atoms with Gasteiger partial charge < -0.3 is 14.4 Å². The number of alkyl halides is 1. The largest absolute Gasteiger partial charge is 0.493 e. The van der Waals surface area contributed by atoms with Gasteiger partial charge >= 0.3 is 0 Å². The Balaban J connectivity index is 2.06. The molecule has 0 aliphatic carbocycles. The van der Waals surface area contributed by atoms with Crippen molar-refractivity contribution in [1.29, 1.82) is 0 Å². The molecule has 1 fully saturated rings. The lowest BCUT2D eigenvalue weighted by atomic mass is 10.1. The van der Waals surface area contributed by atoms with E-state index in [1.54, 1.807) is 14.2 Å². The standard InChI is InChI=1S/C15H18FN3O2/c1-20-13-7-11-12(8-14(13)21-2)17-9-18-15(11)19-5-3-10(16)4-6-19/h7-10H,3-6H2,1-2H3. The first-order valence-electron chi connectivity index (χ1n) is 6.98. The minimum Gasteiger partial charge on any atom is -0.493 e. The maximum absolute atomic E-state index is 13.3. The smallest absolute Gasteiger partial charge is 0.162 e. The summed E-state index contributed by atoms with van der Waals surface area (Å²) in [6.07, 6.45) is 1.91. The molecule has 1 aromatic carbocycles. The number of rotatable bonds is 3. The van der Waals surface area contributed by atoms with Gasteiger partial charge in [-0.3, -0.25) is 0 Å². The topological polar surface area (TPSA) is 47.5 Å². The molecule has 3 rings (SSSR count). The van der Waals surface area contributed by atoms with Gasteiger partial charge in [0.05, 0.1) is 19.7 Å². The zero-order valence-corrected chi connectivity index (χ0v) is 12.2. The summed E-state index contributed by atoms with van der Waals surface area (Å²) in [4.78, 5) is 10.8. The molecule has 2 heterocycles. The second-order valence-corrected chi connectivity index (χ2v) is 5.08. The number of hydrogen-bond acceptors (Lipinski definition) is 5. The molecule has 6 heteroatoms. The van der Waals surface area contributed by atoms with Crippen molar-refractivity contribution in [2.75, 3.05) is 32.2 Å². The predicted molar refractivity (Wildman–Crippen MR) is 79.0 cm³/mol. The van der Waals surface area contributed by atoms with Crippen molar-refractivity contribution in [2.45, 2.75) is 19.0 Å². The van der Waals surface area contributed by atoms with Crippen LogP contribution < -0.4 is 14.4 Å². The molecule has 1 aromatic heterocycles. The fraction of sp³-hybridized carbons (Fsp3) is 0.467. The Bertz CT molecular complexity index is 642. The summed E-state index contributed by atoms with van der Waals surface area (Å²) in [5, 5.41) is 0.896. The highest BCUT2D eigenvalue weighted by Crippen LogP contribution is 2.35. The first-order chi connectivity index (χ1) is 10.2. The van der Waals surface area contributed by atoms with Gasteiger partial charge in [-0.15, -0.1) is 0 Å². The minimum absolute atomic E-state index is 0.540. The van der Waals surface area contributed by atoms with E-state index in [0.29, 0.717) is 37.4 Å². The molecule has 1 aliphatic heterocycles. The first kappa shape index (κ1) is 13.9. The Hall–Kier alpha value is -2.11. The molecule has 0 amide bonds. The molecular formula is C15H18FN3O2. The fourth-order valence-corrected chi connectivity index (χ4v) is 2.68. The summed E-state index contributed by atoms with van der Waals surface area (Å²) >= 11 is 0. The van der Waals surface area contributed by atoms with Crippen molar-refractivity contribution in [3.63, 3.8) is 0 Å². The van der Waals surface area contributed by atoms with E-state index >= 15 is 0 Å². The third-order valence-electron chi connectivity index (χ3n) is 3.84. The van der Waals surface area contributed by atoms with Gasteiger partial charge in [-0.25, -0.2) is 14.4 Å². The summed E-state index contributed by atoms with van der Waals surface area (Å²) in [5.41, 5.74) is 0.792. The van der Waals surface area contributed by atoms with Gasteiger partial charge in [0.25, 0.3) is 0 Å². The van der Waals surface area contributed by atoms with Crippen LogP contribution in [0.2, 0.25) is 0 Å². The van der Waals surface area contributed by atoms with Crippen LogP contribution in [0, 0.1) is 0 Å². The Morgan fingerprint density at radius 2 is 1.76 bits per heavy atom. The molecule has 21 heavy (non-hydrogen) atoms. The van der Waals surface area contributed by atoms with Crippen molar-refractivity contribution < 1.29 is 13.9 Å². The van der Waals surface area contributed by atoms with E-state index in [2.05, 4.69) is 14.9 Å². The van der Waals surface area contributed by atoms with Gasteiger partial charge in [0.15, 0.2) is 11.5 Å². The van der Waals surface area contributed by atoms with E-state index in [-0.39, 0.29) is 0 Å². The molecule has 0 unspecified atom stereocenters. The molecule has 0 radical (unpaired) electrons. The van der Waals surface area contributed by atoms with Gasteiger partial charge in [-0.2, -0.15) is 0 Å². The van der Waals surface area contributed by atoms with Crippen molar-refractivity contribution >= 4 is 16.7 Å². The summed E-state index contributed by atoms with van der Waals surface area (Å²) in [6, 6.07) is 3.71. The third kappa shape index (κ3) is 2.57. The van der Waals surface area contributed by atoms with Gasteiger partial charge in [0.2, 0.25) is 0 Å². The highest BCUT2D eigenvalue weighted by atomic mass is 19.1. The molecule has 0 bridgehead atoms. The highest BCUT2D eigenvalue weighted by molar-refractivity contribution is 5.92. The second-order valence-electron chi connectivity index (χ2n) is 5.08. The molecule has 0 saturated carbocycles. The van der Waals surface area contributed by atoms with E-state index in [9.17, 15) is 4.39 Å². The van der Waals surface area contributed by atoms with Crippen molar-refractivity contribution in [3.05, 3.63) is 18.5 Å². The lowest BCUT2D eigenvalue weighted by Gasteiger charge is -2.30. The number of aromatic nitrogens is 2. The Morgan fingerprint density at radius 1 is 1.10 bits per heavy atom. The molecule has 5 nitrogen and oxygen atoms in total. The summed E-state index contributed by atoms with van der Waals surface area (Å²) < 4.78 is 23.9. The average Bonchev–Trinajstić information content (AvgIpc) is 2.53. The number of anilines is 1. The van der Waals surface area contributed by atoms with E-state index in [1.807, 2.05) is 12.1 Å². The zero-order valence-electron chi connectivity index (χ0n) is 12.2. The molecule has 0 spiro atoms. The maximum Gasteiger partial charge on any atom is 0.162 e.